The van der Waals surface area contributed by atoms with Crippen LogP contribution in [-0.2, 0) is 24.0 Å². The summed E-state index contributed by atoms with van der Waals surface area (Å²) in [5.74, 6) is -0.972. The average Bonchev–Trinajstić information content (AvgIpc) is 2.75. The molecule has 1 aliphatic rings. The lowest BCUT2D eigenvalue weighted by atomic mass is 10.2. The Labute approximate surface area is 117 Å². The van der Waals surface area contributed by atoms with Crippen LogP contribution < -0.4 is 5.32 Å². The van der Waals surface area contributed by atoms with Crippen LogP contribution in [0.1, 0.15) is 45.4 Å². The molecule has 1 rings (SSSR count). The number of rotatable bonds is 9. The molecule has 0 aromatic rings. The van der Waals surface area contributed by atoms with E-state index in [-0.39, 0.29) is 31.1 Å². The fourth-order valence-corrected chi connectivity index (χ4v) is 1.71. The summed E-state index contributed by atoms with van der Waals surface area (Å²) in [5.41, 5.74) is 0. The molecular formula is C13H20N2O5. The van der Waals surface area contributed by atoms with Gasteiger partial charge < -0.3 is 5.32 Å². The lowest BCUT2D eigenvalue weighted by molar-refractivity contribution is -0.188. The second-order valence-electron chi connectivity index (χ2n) is 4.55. The van der Waals surface area contributed by atoms with Gasteiger partial charge in [0.25, 0.3) is 11.8 Å². The summed E-state index contributed by atoms with van der Waals surface area (Å²) < 4.78 is 0. The number of nitrogens with one attached hydrogen (secondary N) is 1. The summed E-state index contributed by atoms with van der Waals surface area (Å²) in [7, 11) is 0. The van der Waals surface area contributed by atoms with Gasteiger partial charge in [0, 0.05) is 32.2 Å². The Morgan fingerprint density at radius 2 is 1.85 bits per heavy atom. The number of carbonyl (C=O) groups excluding carboxylic acids is 4. The molecule has 1 N–H and O–H groups in total. The fraction of sp³-hybridized carbons (Fsp3) is 0.692. The number of hydroxylamine groups is 2. The molecule has 1 heterocycles. The van der Waals surface area contributed by atoms with Gasteiger partial charge in [-0.2, -0.15) is 5.06 Å². The van der Waals surface area contributed by atoms with Crippen LogP contribution in [0.5, 0.6) is 0 Å². The van der Waals surface area contributed by atoms with Crippen LogP contribution in [-0.4, -0.2) is 41.7 Å². The molecule has 0 aliphatic carbocycles. The molecule has 0 saturated carbocycles. The predicted octanol–water partition coefficient (Wildman–Crippen LogP) is 0.333. The Morgan fingerprint density at radius 1 is 1.20 bits per heavy atom. The Kier molecular flexibility index (Phi) is 6.86. The zero-order valence-corrected chi connectivity index (χ0v) is 11.6. The minimum absolute atomic E-state index is 0.00859. The van der Waals surface area contributed by atoms with E-state index in [2.05, 4.69) is 5.32 Å². The van der Waals surface area contributed by atoms with Gasteiger partial charge in [-0.3, -0.25) is 24.0 Å². The van der Waals surface area contributed by atoms with E-state index in [0.717, 1.165) is 0 Å². The van der Waals surface area contributed by atoms with E-state index in [1.807, 2.05) is 0 Å². The van der Waals surface area contributed by atoms with Crippen molar-refractivity contribution in [1.29, 1.82) is 0 Å². The van der Waals surface area contributed by atoms with Crippen molar-refractivity contribution in [3.8, 4) is 0 Å². The number of carbonyl (C=O) groups is 4. The second kappa shape index (κ2) is 8.42. The quantitative estimate of drug-likeness (QED) is 0.486. The van der Waals surface area contributed by atoms with Gasteiger partial charge in [0.05, 0.1) is 0 Å². The second-order valence-corrected chi connectivity index (χ2v) is 4.55. The van der Waals surface area contributed by atoms with Gasteiger partial charge in [-0.15, -0.1) is 0 Å². The largest absolute Gasteiger partial charge is 0.356 e. The maximum Gasteiger partial charge on any atom is 0.254 e. The Balaban J connectivity index is 2.07. The molecule has 3 amide bonds. The number of Topliss-reactive ketones (excluding diaryl/α,β-unsaturated/α-hetero) is 1. The van der Waals surface area contributed by atoms with E-state index in [0.29, 0.717) is 37.3 Å². The lowest BCUT2D eigenvalue weighted by Crippen LogP contribution is -2.31. The van der Waals surface area contributed by atoms with Gasteiger partial charge in [-0.25, -0.2) is 0 Å². The standard InChI is InChI=1S/C13H20N2O5/c1-2-11(17)14-8-4-3-5-10(16)9-20-15-12(18)6-7-13(15)19/h2-9H2,1H3,(H,14,17). The highest BCUT2D eigenvalue weighted by Crippen LogP contribution is 2.12. The summed E-state index contributed by atoms with van der Waals surface area (Å²) in [4.78, 5) is 49.8. The van der Waals surface area contributed by atoms with Crippen molar-refractivity contribution in [1.82, 2.24) is 10.4 Å². The number of nitrogens with zero attached hydrogens (tertiary/aromatic N) is 1. The van der Waals surface area contributed by atoms with Crippen LogP contribution in [0.3, 0.4) is 0 Å². The fourth-order valence-electron chi connectivity index (χ4n) is 1.71. The van der Waals surface area contributed by atoms with Crippen molar-refractivity contribution in [2.75, 3.05) is 13.2 Å². The topological polar surface area (TPSA) is 92.8 Å². The van der Waals surface area contributed by atoms with Crippen molar-refractivity contribution in [3.63, 3.8) is 0 Å². The first-order chi connectivity index (χ1) is 9.54. The normalized spacial score (nSPS) is 14.8. The van der Waals surface area contributed by atoms with Gasteiger partial charge in [0.1, 0.15) is 6.61 Å². The third-order valence-corrected chi connectivity index (χ3v) is 2.89. The first-order valence-electron chi connectivity index (χ1n) is 6.81. The van der Waals surface area contributed by atoms with Crippen molar-refractivity contribution < 1.29 is 24.0 Å². The van der Waals surface area contributed by atoms with Gasteiger partial charge in [-0.05, 0) is 12.8 Å². The minimum atomic E-state index is -0.398. The highest BCUT2D eigenvalue weighted by molar-refractivity contribution is 6.00. The molecule has 0 atom stereocenters. The first kappa shape index (κ1) is 16.3. The van der Waals surface area contributed by atoms with Gasteiger partial charge in [-0.1, -0.05) is 6.92 Å². The molecule has 112 valence electrons. The van der Waals surface area contributed by atoms with E-state index in [4.69, 9.17) is 4.84 Å². The van der Waals surface area contributed by atoms with Crippen molar-refractivity contribution in [3.05, 3.63) is 0 Å². The van der Waals surface area contributed by atoms with Crippen LogP contribution in [0, 0.1) is 0 Å². The van der Waals surface area contributed by atoms with Gasteiger partial charge >= 0.3 is 0 Å². The molecule has 20 heavy (non-hydrogen) atoms. The number of hydrogen-bond acceptors (Lipinski definition) is 5. The maximum atomic E-state index is 11.5. The Hall–Kier alpha value is -1.76. The molecule has 0 bridgehead atoms. The number of hydrogen-bond donors (Lipinski definition) is 1. The molecule has 0 aromatic heterocycles. The molecule has 7 nitrogen and oxygen atoms in total. The van der Waals surface area contributed by atoms with E-state index in [1.54, 1.807) is 6.92 Å². The van der Waals surface area contributed by atoms with Gasteiger partial charge in [0.15, 0.2) is 5.78 Å². The summed E-state index contributed by atoms with van der Waals surface area (Å²) in [5, 5.41) is 3.40. The highest BCUT2D eigenvalue weighted by atomic mass is 16.7. The smallest absolute Gasteiger partial charge is 0.254 e. The Bertz CT molecular complexity index is 378. The highest BCUT2D eigenvalue weighted by Gasteiger charge is 2.30. The van der Waals surface area contributed by atoms with Crippen LogP contribution in [0.25, 0.3) is 0 Å². The number of imide groups is 1. The molecule has 7 heteroatoms. The molecule has 0 radical (unpaired) electrons. The maximum absolute atomic E-state index is 11.5. The third kappa shape index (κ3) is 5.48. The molecular weight excluding hydrogens is 264 g/mol. The molecule has 1 saturated heterocycles. The summed E-state index contributed by atoms with van der Waals surface area (Å²) in [6, 6.07) is 0. The van der Waals surface area contributed by atoms with Crippen LogP contribution in [0.4, 0.5) is 0 Å². The van der Waals surface area contributed by atoms with E-state index >= 15 is 0 Å². The first-order valence-corrected chi connectivity index (χ1v) is 6.81. The zero-order chi connectivity index (χ0) is 15.0. The van der Waals surface area contributed by atoms with Gasteiger partial charge in [0.2, 0.25) is 5.91 Å². The Morgan fingerprint density at radius 3 is 2.45 bits per heavy atom. The van der Waals surface area contributed by atoms with Crippen LogP contribution in [0.15, 0.2) is 0 Å². The number of amides is 3. The molecule has 0 aromatic carbocycles. The summed E-state index contributed by atoms with van der Waals surface area (Å²) >= 11 is 0. The van der Waals surface area contributed by atoms with Crippen LogP contribution >= 0.6 is 0 Å². The average molecular weight is 284 g/mol. The molecule has 0 unspecified atom stereocenters. The number of ketones is 1. The molecule has 1 fully saturated rings. The summed E-state index contributed by atoms with van der Waals surface area (Å²) in [6.45, 7) is 2.06. The van der Waals surface area contributed by atoms with Crippen molar-refractivity contribution in [2.24, 2.45) is 0 Å². The van der Waals surface area contributed by atoms with Crippen molar-refractivity contribution in [2.45, 2.75) is 45.4 Å². The predicted molar refractivity (Wildman–Crippen MR) is 69.2 cm³/mol. The lowest BCUT2D eigenvalue weighted by Gasteiger charge is -2.12. The zero-order valence-electron chi connectivity index (χ0n) is 11.6. The summed E-state index contributed by atoms with van der Waals surface area (Å²) in [6.07, 6.45) is 2.38. The van der Waals surface area contributed by atoms with E-state index < -0.39 is 11.8 Å². The molecule has 0 spiro atoms. The van der Waals surface area contributed by atoms with Crippen LogP contribution in [0.2, 0.25) is 0 Å². The third-order valence-electron chi connectivity index (χ3n) is 2.89. The monoisotopic (exact) mass is 284 g/mol. The van der Waals surface area contributed by atoms with E-state index in [1.165, 1.54) is 0 Å². The van der Waals surface area contributed by atoms with E-state index in [9.17, 15) is 19.2 Å². The molecule has 1 aliphatic heterocycles. The minimum Gasteiger partial charge on any atom is -0.356 e. The SMILES string of the molecule is CCC(=O)NCCCCC(=O)CON1C(=O)CCC1=O. The number of unbranched alkanes of at least 4 members (excludes halogenated alkanes) is 1. The van der Waals surface area contributed by atoms with Crippen molar-refractivity contribution >= 4 is 23.5 Å².